The summed E-state index contributed by atoms with van der Waals surface area (Å²) < 4.78 is 1.83. The quantitative estimate of drug-likeness (QED) is 0.635. The second-order valence-electron chi connectivity index (χ2n) is 3.22. The Bertz CT molecular complexity index is 251. The molecule has 1 aliphatic heterocycles. The summed E-state index contributed by atoms with van der Waals surface area (Å²) in [5.41, 5.74) is 1.12. The van der Waals surface area contributed by atoms with E-state index in [1.54, 1.807) is 0 Å². The summed E-state index contributed by atoms with van der Waals surface area (Å²) >= 11 is 0. The Morgan fingerprint density at radius 3 is 3.08 bits per heavy atom. The highest BCUT2D eigenvalue weighted by Gasteiger charge is 2.15. The number of aryl methyl sites for hydroxylation is 1. The molecule has 0 aliphatic carbocycles. The molecule has 0 atom stereocenters. The van der Waals surface area contributed by atoms with Crippen molar-refractivity contribution in [2.24, 2.45) is 7.05 Å². The smallest absolute Gasteiger partial charge is 0.0762 e. The zero-order valence-electron chi connectivity index (χ0n) is 7.25. The monoisotopic (exact) mass is 166 g/mol. The molecule has 0 aromatic carbocycles. The lowest BCUT2D eigenvalue weighted by Gasteiger charge is -2.27. The summed E-state index contributed by atoms with van der Waals surface area (Å²) in [5, 5.41) is 10.9. The molecule has 1 aromatic rings. The summed E-state index contributed by atoms with van der Waals surface area (Å²) in [6.45, 7) is 3.06. The number of rotatable bonds is 3. The van der Waals surface area contributed by atoms with Crippen LogP contribution in [-0.4, -0.2) is 28.9 Å². The Kier molecular flexibility index (Phi) is 2.10. The maximum atomic E-state index is 4.27. The first-order chi connectivity index (χ1) is 5.84. The van der Waals surface area contributed by atoms with Crippen LogP contribution in [0.25, 0.3) is 0 Å². The number of aromatic nitrogens is 2. The van der Waals surface area contributed by atoms with Crippen LogP contribution in [0.5, 0.6) is 0 Å². The largest absolute Gasteiger partial charge is 0.314 e. The van der Waals surface area contributed by atoms with Gasteiger partial charge in [-0.25, -0.2) is 0 Å². The van der Waals surface area contributed by atoms with Crippen LogP contribution in [0, 0.1) is 0 Å². The van der Waals surface area contributed by atoms with Crippen LogP contribution in [-0.2, 0) is 13.6 Å². The van der Waals surface area contributed by atoms with E-state index in [0.29, 0.717) is 6.04 Å². The summed E-state index contributed by atoms with van der Waals surface area (Å²) in [6.07, 6.45) is 1.97. The molecule has 0 radical (unpaired) electrons. The third-order valence-electron chi connectivity index (χ3n) is 2.12. The van der Waals surface area contributed by atoms with E-state index in [4.69, 9.17) is 0 Å². The Morgan fingerprint density at radius 2 is 2.58 bits per heavy atom. The van der Waals surface area contributed by atoms with Crippen molar-refractivity contribution in [2.75, 3.05) is 13.1 Å². The number of hydrogen-bond donors (Lipinski definition) is 2. The van der Waals surface area contributed by atoms with E-state index in [1.165, 1.54) is 0 Å². The van der Waals surface area contributed by atoms with Crippen molar-refractivity contribution in [1.82, 2.24) is 20.4 Å². The average Bonchev–Trinajstić information content (AvgIpc) is 2.32. The SMILES string of the molecule is Cn1ccc(CNC2CNC2)n1. The lowest BCUT2D eigenvalue weighted by atomic mass is 10.2. The first-order valence-corrected chi connectivity index (χ1v) is 4.27. The van der Waals surface area contributed by atoms with Crippen molar-refractivity contribution < 1.29 is 0 Å². The summed E-state index contributed by atoms with van der Waals surface area (Å²) in [7, 11) is 1.94. The van der Waals surface area contributed by atoms with Gasteiger partial charge in [0, 0.05) is 38.9 Å². The third kappa shape index (κ3) is 1.65. The predicted octanol–water partition coefficient (Wildman–Crippen LogP) is -0.518. The van der Waals surface area contributed by atoms with Gasteiger partial charge in [-0.2, -0.15) is 5.10 Å². The molecule has 0 spiro atoms. The highest BCUT2D eigenvalue weighted by atomic mass is 15.3. The fourth-order valence-corrected chi connectivity index (χ4v) is 1.24. The van der Waals surface area contributed by atoms with E-state index in [-0.39, 0.29) is 0 Å². The first kappa shape index (κ1) is 7.76. The van der Waals surface area contributed by atoms with Gasteiger partial charge in [0.1, 0.15) is 0 Å². The molecule has 1 aromatic heterocycles. The zero-order chi connectivity index (χ0) is 8.39. The van der Waals surface area contributed by atoms with Crippen LogP contribution in [0.15, 0.2) is 12.3 Å². The standard InChI is InChI=1S/C8H14N4/c1-12-3-2-7(11-12)6-10-8-4-9-5-8/h2-3,8-10H,4-6H2,1H3. The highest BCUT2D eigenvalue weighted by molar-refractivity contribution is 4.99. The topological polar surface area (TPSA) is 41.9 Å². The van der Waals surface area contributed by atoms with Gasteiger partial charge in [-0.1, -0.05) is 0 Å². The van der Waals surface area contributed by atoms with Gasteiger partial charge in [-0.05, 0) is 6.07 Å². The van der Waals surface area contributed by atoms with Crippen molar-refractivity contribution in [3.05, 3.63) is 18.0 Å². The van der Waals surface area contributed by atoms with E-state index >= 15 is 0 Å². The molecule has 1 saturated heterocycles. The summed E-state index contributed by atoms with van der Waals surface area (Å²) in [6, 6.07) is 2.69. The molecular formula is C8H14N4. The Balaban J connectivity index is 1.79. The summed E-state index contributed by atoms with van der Waals surface area (Å²) in [4.78, 5) is 0. The normalized spacial score (nSPS) is 17.8. The molecule has 1 fully saturated rings. The fraction of sp³-hybridized carbons (Fsp3) is 0.625. The van der Waals surface area contributed by atoms with Gasteiger partial charge in [-0.15, -0.1) is 0 Å². The van der Waals surface area contributed by atoms with Crippen LogP contribution in [0.4, 0.5) is 0 Å². The number of nitrogens with one attached hydrogen (secondary N) is 2. The number of nitrogens with zero attached hydrogens (tertiary/aromatic N) is 2. The highest BCUT2D eigenvalue weighted by Crippen LogP contribution is 1.96. The van der Waals surface area contributed by atoms with Crippen LogP contribution >= 0.6 is 0 Å². The minimum atomic E-state index is 0.645. The maximum Gasteiger partial charge on any atom is 0.0762 e. The van der Waals surface area contributed by atoms with Gasteiger partial charge in [0.2, 0.25) is 0 Å². The zero-order valence-corrected chi connectivity index (χ0v) is 7.25. The maximum absolute atomic E-state index is 4.27. The van der Waals surface area contributed by atoms with Crippen LogP contribution in [0.2, 0.25) is 0 Å². The van der Waals surface area contributed by atoms with Gasteiger partial charge >= 0.3 is 0 Å². The van der Waals surface area contributed by atoms with Gasteiger partial charge in [-0.3, -0.25) is 4.68 Å². The molecule has 0 unspecified atom stereocenters. The average molecular weight is 166 g/mol. The summed E-state index contributed by atoms with van der Waals surface area (Å²) in [5.74, 6) is 0. The van der Waals surface area contributed by atoms with Gasteiger partial charge < -0.3 is 10.6 Å². The van der Waals surface area contributed by atoms with Crippen molar-refractivity contribution in [2.45, 2.75) is 12.6 Å². The minimum absolute atomic E-state index is 0.645. The fourth-order valence-electron chi connectivity index (χ4n) is 1.24. The molecule has 0 saturated carbocycles. The lowest BCUT2D eigenvalue weighted by Crippen LogP contribution is -2.55. The van der Waals surface area contributed by atoms with E-state index in [0.717, 1.165) is 25.3 Å². The second kappa shape index (κ2) is 3.25. The van der Waals surface area contributed by atoms with Crippen LogP contribution in [0.3, 0.4) is 0 Å². The van der Waals surface area contributed by atoms with Crippen molar-refractivity contribution in [3.63, 3.8) is 0 Å². The molecule has 1 aliphatic rings. The Morgan fingerprint density at radius 1 is 1.75 bits per heavy atom. The lowest BCUT2D eigenvalue weighted by molar-refractivity contribution is 0.363. The minimum Gasteiger partial charge on any atom is -0.314 e. The molecular weight excluding hydrogens is 152 g/mol. The molecule has 0 amide bonds. The molecule has 2 rings (SSSR count). The number of hydrogen-bond acceptors (Lipinski definition) is 3. The first-order valence-electron chi connectivity index (χ1n) is 4.27. The van der Waals surface area contributed by atoms with E-state index < -0.39 is 0 Å². The van der Waals surface area contributed by atoms with Gasteiger partial charge in [0.15, 0.2) is 0 Å². The second-order valence-corrected chi connectivity index (χ2v) is 3.22. The molecule has 4 nitrogen and oxygen atoms in total. The van der Waals surface area contributed by atoms with E-state index in [2.05, 4.69) is 15.7 Å². The molecule has 2 heterocycles. The van der Waals surface area contributed by atoms with Crippen LogP contribution < -0.4 is 10.6 Å². The molecule has 0 bridgehead atoms. The third-order valence-corrected chi connectivity index (χ3v) is 2.12. The predicted molar refractivity (Wildman–Crippen MR) is 46.7 cm³/mol. The van der Waals surface area contributed by atoms with E-state index in [1.807, 2.05) is 24.0 Å². The van der Waals surface area contributed by atoms with Crippen molar-refractivity contribution in [3.8, 4) is 0 Å². The van der Waals surface area contributed by atoms with Gasteiger partial charge in [0.25, 0.3) is 0 Å². The van der Waals surface area contributed by atoms with Crippen molar-refractivity contribution in [1.29, 1.82) is 0 Å². The van der Waals surface area contributed by atoms with E-state index in [9.17, 15) is 0 Å². The Labute approximate surface area is 72.0 Å². The Hall–Kier alpha value is -0.870. The molecule has 12 heavy (non-hydrogen) atoms. The van der Waals surface area contributed by atoms with Crippen molar-refractivity contribution >= 4 is 0 Å². The van der Waals surface area contributed by atoms with Crippen LogP contribution in [0.1, 0.15) is 5.69 Å². The molecule has 66 valence electrons. The molecule has 2 N–H and O–H groups in total. The molecule has 4 heteroatoms. The van der Waals surface area contributed by atoms with Gasteiger partial charge in [0.05, 0.1) is 5.69 Å².